The Hall–Kier alpha value is -2.34. The van der Waals surface area contributed by atoms with Crippen LogP contribution in [-0.4, -0.2) is 20.9 Å². The van der Waals surface area contributed by atoms with E-state index in [1.807, 2.05) is 30.3 Å². The summed E-state index contributed by atoms with van der Waals surface area (Å²) >= 11 is 0. The van der Waals surface area contributed by atoms with Crippen LogP contribution in [0.4, 0.5) is 5.69 Å². The molecule has 18 heavy (non-hydrogen) atoms. The Morgan fingerprint density at radius 2 is 2.11 bits per heavy atom. The summed E-state index contributed by atoms with van der Waals surface area (Å²) in [6.07, 6.45) is 1.44. The number of nitrogens with two attached hydrogens (primary N) is 1. The Labute approximate surface area is 104 Å². The molecule has 0 aliphatic heterocycles. The number of aromatic nitrogens is 2. The number of carboxylic acids is 1. The molecule has 1 aromatic carbocycles. The van der Waals surface area contributed by atoms with Crippen LogP contribution in [0.5, 0.6) is 0 Å². The third-order valence-corrected chi connectivity index (χ3v) is 2.33. The van der Waals surface area contributed by atoms with Crippen molar-refractivity contribution in [1.82, 2.24) is 9.78 Å². The van der Waals surface area contributed by atoms with E-state index in [0.717, 1.165) is 5.56 Å². The number of aromatic carboxylic acids is 1. The standard InChI is InChI=1S/C12H13N3O3/c13-10-6-15(14-11(10)12(16)17)8-18-7-9-4-2-1-3-5-9/h1-6H,7-8,13H2,(H,16,17). The van der Waals surface area contributed by atoms with Gasteiger partial charge in [-0.25, -0.2) is 9.48 Å². The molecular weight excluding hydrogens is 234 g/mol. The van der Waals surface area contributed by atoms with E-state index in [1.54, 1.807) is 0 Å². The maximum atomic E-state index is 10.7. The summed E-state index contributed by atoms with van der Waals surface area (Å²) in [4.78, 5) is 10.7. The van der Waals surface area contributed by atoms with Crippen LogP contribution >= 0.6 is 0 Å². The number of carbonyl (C=O) groups is 1. The molecule has 0 unspecified atom stereocenters. The quantitative estimate of drug-likeness (QED) is 0.832. The fourth-order valence-corrected chi connectivity index (χ4v) is 1.50. The summed E-state index contributed by atoms with van der Waals surface area (Å²) in [5.74, 6) is -1.14. The molecule has 0 bridgehead atoms. The minimum Gasteiger partial charge on any atom is -0.476 e. The second-order valence-corrected chi connectivity index (χ2v) is 3.74. The highest BCUT2D eigenvalue weighted by Gasteiger charge is 2.12. The van der Waals surface area contributed by atoms with Gasteiger partial charge < -0.3 is 15.6 Å². The molecule has 0 aliphatic carbocycles. The summed E-state index contributed by atoms with van der Waals surface area (Å²) in [6.45, 7) is 0.593. The highest BCUT2D eigenvalue weighted by molar-refractivity contribution is 5.91. The molecule has 0 saturated heterocycles. The predicted molar refractivity (Wildman–Crippen MR) is 64.8 cm³/mol. The smallest absolute Gasteiger partial charge is 0.358 e. The molecule has 94 valence electrons. The van der Waals surface area contributed by atoms with Crippen LogP contribution in [0.25, 0.3) is 0 Å². The maximum Gasteiger partial charge on any atom is 0.358 e. The van der Waals surface area contributed by atoms with Gasteiger partial charge in [0.2, 0.25) is 0 Å². The largest absolute Gasteiger partial charge is 0.476 e. The molecular formula is C12H13N3O3. The molecule has 0 aliphatic rings. The first-order valence-electron chi connectivity index (χ1n) is 5.34. The van der Waals surface area contributed by atoms with Crippen molar-refractivity contribution in [2.24, 2.45) is 0 Å². The van der Waals surface area contributed by atoms with E-state index < -0.39 is 5.97 Å². The summed E-state index contributed by atoms with van der Waals surface area (Å²) in [6, 6.07) is 9.66. The first-order valence-corrected chi connectivity index (χ1v) is 5.34. The van der Waals surface area contributed by atoms with Gasteiger partial charge in [-0.2, -0.15) is 5.10 Å². The Morgan fingerprint density at radius 3 is 2.72 bits per heavy atom. The normalized spacial score (nSPS) is 10.4. The van der Waals surface area contributed by atoms with E-state index in [0.29, 0.717) is 6.61 Å². The molecule has 0 radical (unpaired) electrons. The third-order valence-electron chi connectivity index (χ3n) is 2.33. The topological polar surface area (TPSA) is 90.4 Å². The summed E-state index contributed by atoms with van der Waals surface area (Å²) < 4.78 is 6.77. The zero-order chi connectivity index (χ0) is 13.0. The molecule has 0 spiro atoms. The third kappa shape index (κ3) is 2.86. The van der Waals surface area contributed by atoms with Gasteiger partial charge in [-0.3, -0.25) is 0 Å². The Balaban J connectivity index is 1.91. The highest BCUT2D eigenvalue weighted by atomic mass is 16.5. The van der Waals surface area contributed by atoms with E-state index >= 15 is 0 Å². The number of nitrogens with zero attached hydrogens (tertiary/aromatic N) is 2. The minimum absolute atomic E-state index is 0.130. The van der Waals surface area contributed by atoms with Gasteiger partial charge in [0, 0.05) is 0 Å². The lowest BCUT2D eigenvalue weighted by atomic mass is 10.2. The molecule has 6 heteroatoms. The molecule has 2 rings (SSSR count). The first kappa shape index (κ1) is 12.1. The van der Waals surface area contributed by atoms with Gasteiger partial charge >= 0.3 is 5.97 Å². The van der Waals surface area contributed by atoms with Crippen LogP contribution in [0.3, 0.4) is 0 Å². The van der Waals surface area contributed by atoms with Gasteiger partial charge in [0.05, 0.1) is 18.5 Å². The molecule has 2 aromatic rings. The molecule has 0 atom stereocenters. The van der Waals surface area contributed by atoms with E-state index in [4.69, 9.17) is 15.6 Å². The average Bonchev–Trinajstić information content (AvgIpc) is 2.72. The van der Waals surface area contributed by atoms with Gasteiger partial charge in [0.15, 0.2) is 5.69 Å². The number of hydrogen-bond acceptors (Lipinski definition) is 4. The number of carboxylic acid groups (broad SMARTS) is 1. The van der Waals surface area contributed by atoms with Gasteiger partial charge in [-0.05, 0) is 5.56 Å². The van der Waals surface area contributed by atoms with Crippen molar-refractivity contribution in [3.8, 4) is 0 Å². The number of anilines is 1. The number of ether oxygens (including phenoxy) is 1. The van der Waals surface area contributed by atoms with Crippen molar-refractivity contribution in [1.29, 1.82) is 0 Å². The number of nitrogen functional groups attached to an aromatic ring is 1. The van der Waals surface area contributed by atoms with Crippen molar-refractivity contribution in [2.75, 3.05) is 5.73 Å². The van der Waals surface area contributed by atoms with Crippen LogP contribution < -0.4 is 5.73 Å². The highest BCUT2D eigenvalue weighted by Crippen LogP contribution is 2.09. The molecule has 1 heterocycles. The average molecular weight is 247 g/mol. The Morgan fingerprint density at radius 1 is 1.39 bits per heavy atom. The molecule has 3 N–H and O–H groups in total. The minimum atomic E-state index is -1.14. The van der Waals surface area contributed by atoms with Crippen LogP contribution in [0.15, 0.2) is 36.5 Å². The predicted octanol–water partition coefficient (Wildman–Crippen LogP) is 1.34. The van der Waals surface area contributed by atoms with Gasteiger partial charge in [-0.1, -0.05) is 30.3 Å². The second-order valence-electron chi connectivity index (χ2n) is 3.74. The summed E-state index contributed by atoms with van der Waals surface area (Å²) in [7, 11) is 0. The van der Waals surface area contributed by atoms with Gasteiger partial charge in [0.1, 0.15) is 6.73 Å². The van der Waals surface area contributed by atoms with E-state index in [2.05, 4.69) is 5.10 Å². The van der Waals surface area contributed by atoms with E-state index in [9.17, 15) is 4.79 Å². The monoisotopic (exact) mass is 247 g/mol. The molecule has 0 fully saturated rings. The van der Waals surface area contributed by atoms with Crippen molar-refractivity contribution in [3.63, 3.8) is 0 Å². The number of rotatable bonds is 5. The van der Waals surface area contributed by atoms with Crippen molar-refractivity contribution >= 4 is 11.7 Å². The van der Waals surface area contributed by atoms with Gasteiger partial charge in [0.25, 0.3) is 0 Å². The fraction of sp³-hybridized carbons (Fsp3) is 0.167. The maximum absolute atomic E-state index is 10.7. The summed E-state index contributed by atoms with van der Waals surface area (Å²) in [5, 5.41) is 12.6. The van der Waals surface area contributed by atoms with Crippen LogP contribution in [-0.2, 0) is 18.1 Å². The Kier molecular flexibility index (Phi) is 3.59. The van der Waals surface area contributed by atoms with Crippen molar-refractivity contribution < 1.29 is 14.6 Å². The van der Waals surface area contributed by atoms with Crippen molar-refractivity contribution in [3.05, 3.63) is 47.8 Å². The zero-order valence-electron chi connectivity index (χ0n) is 9.61. The lowest BCUT2D eigenvalue weighted by Gasteiger charge is -2.03. The van der Waals surface area contributed by atoms with Crippen LogP contribution in [0, 0.1) is 0 Å². The van der Waals surface area contributed by atoms with E-state index in [1.165, 1.54) is 10.9 Å². The van der Waals surface area contributed by atoms with Crippen LogP contribution in [0.2, 0.25) is 0 Å². The lowest BCUT2D eigenvalue weighted by Crippen LogP contribution is -2.06. The van der Waals surface area contributed by atoms with Crippen LogP contribution in [0.1, 0.15) is 16.1 Å². The molecule has 0 amide bonds. The van der Waals surface area contributed by atoms with Crippen molar-refractivity contribution in [2.45, 2.75) is 13.3 Å². The zero-order valence-corrected chi connectivity index (χ0v) is 9.61. The molecule has 6 nitrogen and oxygen atoms in total. The number of hydrogen-bond donors (Lipinski definition) is 2. The number of benzene rings is 1. The van der Waals surface area contributed by atoms with Gasteiger partial charge in [-0.15, -0.1) is 0 Å². The first-order chi connectivity index (χ1) is 8.66. The second kappa shape index (κ2) is 5.33. The SMILES string of the molecule is Nc1cn(COCc2ccccc2)nc1C(=O)O. The Bertz CT molecular complexity index is 537. The molecule has 0 saturated carbocycles. The summed E-state index contributed by atoms with van der Waals surface area (Å²) in [5.41, 5.74) is 6.52. The lowest BCUT2D eigenvalue weighted by molar-refractivity contribution is 0.0546. The fourth-order valence-electron chi connectivity index (χ4n) is 1.50. The molecule has 1 aromatic heterocycles. The van der Waals surface area contributed by atoms with E-state index in [-0.39, 0.29) is 18.1 Å².